The van der Waals surface area contributed by atoms with Crippen molar-refractivity contribution < 1.29 is 13.8 Å². The number of rotatable bonds is 5. The Morgan fingerprint density at radius 2 is 1.81 bits per heavy atom. The highest BCUT2D eigenvalue weighted by Gasteiger charge is 2.20. The molecule has 0 atom stereocenters. The molecule has 0 bridgehead atoms. The van der Waals surface area contributed by atoms with Gasteiger partial charge in [0.15, 0.2) is 5.52 Å². The van der Waals surface area contributed by atoms with Gasteiger partial charge in [-0.15, -0.1) is 0 Å². The van der Waals surface area contributed by atoms with E-state index in [1.807, 2.05) is 53.2 Å². The Morgan fingerprint density at radius 1 is 1.03 bits per heavy atom. The lowest BCUT2D eigenvalue weighted by Crippen LogP contribution is -2.27. The third kappa shape index (κ3) is 3.93. The summed E-state index contributed by atoms with van der Waals surface area (Å²) in [6.07, 6.45) is 2.12. The van der Waals surface area contributed by atoms with Gasteiger partial charge in [0.25, 0.3) is 5.91 Å². The van der Waals surface area contributed by atoms with Gasteiger partial charge in [-0.05, 0) is 76.2 Å². The molecule has 3 aromatic carbocycles. The van der Waals surface area contributed by atoms with Gasteiger partial charge in [-0.3, -0.25) is 4.79 Å². The molecule has 2 heterocycles. The summed E-state index contributed by atoms with van der Waals surface area (Å²) < 4.78 is 18.3. The van der Waals surface area contributed by atoms with Crippen LogP contribution in [0.3, 0.4) is 0 Å². The van der Waals surface area contributed by atoms with E-state index < -0.39 is 0 Å². The van der Waals surface area contributed by atoms with E-state index in [2.05, 4.69) is 10.3 Å². The Morgan fingerprint density at radius 3 is 2.59 bits per heavy atom. The summed E-state index contributed by atoms with van der Waals surface area (Å²) >= 11 is 0. The summed E-state index contributed by atoms with van der Waals surface area (Å²) in [6.45, 7) is 2.20. The molecule has 32 heavy (non-hydrogen) atoms. The number of benzene rings is 3. The molecular formula is C25H23FN4O2. The number of aromatic nitrogens is 2. The predicted molar refractivity (Wildman–Crippen MR) is 121 cm³/mol. The Hall–Kier alpha value is -3.74. The molecule has 1 aromatic heterocycles. The van der Waals surface area contributed by atoms with E-state index >= 15 is 0 Å². The lowest BCUT2D eigenvalue weighted by molar-refractivity contribution is 0.0793. The lowest BCUT2D eigenvalue weighted by Gasteiger charge is -2.20. The van der Waals surface area contributed by atoms with Gasteiger partial charge in [-0.25, -0.2) is 9.02 Å². The molecule has 0 spiro atoms. The molecule has 0 saturated carbocycles. The Kier molecular flexibility index (Phi) is 5.31. The monoisotopic (exact) mass is 430 g/mol. The van der Waals surface area contributed by atoms with Gasteiger partial charge >= 0.3 is 0 Å². The number of anilines is 1. The zero-order valence-corrected chi connectivity index (χ0v) is 17.8. The first-order valence-electron chi connectivity index (χ1n) is 10.7. The van der Waals surface area contributed by atoms with Crippen LogP contribution >= 0.6 is 0 Å². The fourth-order valence-electron chi connectivity index (χ4n) is 4.21. The summed E-state index contributed by atoms with van der Waals surface area (Å²) in [5, 5.41) is 8.13. The van der Waals surface area contributed by atoms with Crippen molar-refractivity contribution in [2.75, 3.05) is 25.0 Å². The number of likely N-dealkylation sites (tertiary alicyclic amines) is 1. The molecule has 0 radical (unpaired) electrons. The average Bonchev–Trinajstić information content (AvgIpc) is 3.51. The predicted octanol–water partition coefficient (Wildman–Crippen LogP) is 4.90. The molecule has 6 nitrogen and oxygen atoms in total. The largest absolute Gasteiger partial charge is 0.368 e. The van der Waals surface area contributed by atoms with Crippen molar-refractivity contribution in [2.45, 2.75) is 19.4 Å². The first kappa shape index (κ1) is 20.2. The van der Waals surface area contributed by atoms with Crippen LogP contribution in [0.15, 0.2) is 65.3 Å². The highest BCUT2D eigenvalue weighted by Crippen LogP contribution is 2.32. The molecule has 1 fully saturated rings. The van der Waals surface area contributed by atoms with E-state index in [4.69, 9.17) is 4.63 Å². The fourth-order valence-corrected chi connectivity index (χ4v) is 4.21. The molecule has 1 aliphatic heterocycles. The number of nitrogens with zero attached hydrogens (tertiary/aromatic N) is 4. The number of fused-ring (bicyclic) bond motifs is 1. The van der Waals surface area contributed by atoms with Crippen molar-refractivity contribution in [1.29, 1.82) is 0 Å². The third-order valence-corrected chi connectivity index (χ3v) is 5.92. The molecule has 7 heteroatoms. The number of hydrogen-bond acceptors (Lipinski definition) is 5. The summed E-state index contributed by atoms with van der Waals surface area (Å²) in [6, 6.07) is 18.1. The van der Waals surface area contributed by atoms with Crippen LogP contribution in [0, 0.1) is 5.82 Å². The SMILES string of the molecule is CN(Cc1ccc(F)cc1)c1cc(-c2cccc(C(=O)N3CCCC3)c2)cc2nonc12. The minimum Gasteiger partial charge on any atom is -0.368 e. The summed E-state index contributed by atoms with van der Waals surface area (Å²) in [4.78, 5) is 16.8. The van der Waals surface area contributed by atoms with Crippen molar-refractivity contribution >= 4 is 22.6 Å². The standard InChI is InChI=1S/C25H23FN4O2/c1-29(16-17-7-9-21(26)10-8-17)23-15-20(14-22-24(23)28-32-27-22)18-5-4-6-19(13-18)25(31)30-11-2-3-12-30/h4-10,13-15H,2-3,11-12,16H2,1H3. The molecule has 1 amide bonds. The van der Waals surface area contributed by atoms with Crippen molar-refractivity contribution in [2.24, 2.45) is 0 Å². The van der Waals surface area contributed by atoms with E-state index in [-0.39, 0.29) is 11.7 Å². The Labute approximate surface area is 185 Å². The van der Waals surface area contributed by atoms with Crippen molar-refractivity contribution in [1.82, 2.24) is 15.2 Å². The number of amides is 1. The third-order valence-electron chi connectivity index (χ3n) is 5.92. The molecule has 4 aromatic rings. The van der Waals surface area contributed by atoms with Crippen molar-refractivity contribution in [3.8, 4) is 11.1 Å². The quantitative estimate of drug-likeness (QED) is 0.451. The number of carbonyl (C=O) groups excluding carboxylic acids is 1. The van der Waals surface area contributed by atoms with Crippen LogP contribution in [-0.2, 0) is 6.54 Å². The van der Waals surface area contributed by atoms with Gasteiger partial charge < -0.3 is 9.80 Å². The van der Waals surface area contributed by atoms with Gasteiger partial charge in [-0.1, -0.05) is 24.3 Å². The van der Waals surface area contributed by atoms with Crippen molar-refractivity contribution in [3.63, 3.8) is 0 Å². The highest BCUT2D eigenvalue weighted by atomic mass is 19.1. The fraction of sp³-hybridized carbons (Fsp3) is 0.240. The first-order valence-corrected chi connectivity index (χ1v) is 10.7. The molecule has 0 aliphatic carbocycles. The molecule has 162 valence electrons. The summed E-state index contributed by atoms with van der Waals surface area (Å²) in [5.41, 5.74) is 5.65. The van der Waals surface area contributed by atoms with Crippen LogP contribution in [0.1, 0.15) is 28.8 Å². The first-order chi connectivity index (χ1) is 15.6. The number of carbonyl (C=O) groups is 1. The number of halogens is 1. The average molecular weight is 430 g/mol. The van der Waals surface area contributed by atoms with Crippen LogP contribution in [0.4, 0.5) is 10.1 Å². The molecule has 1 saturated heterocycles. The van der Waals surface area contributed by atoms with E-state index in [9.17, 15) is 9.18 Å². The highest BCUT2D eigenvalue weighted by molar-refractivity contribution is 5.97. The van der Waals surface area contributed by atoms with E-state index in [0.717, 1.165) is 48.3 Å². The smallest absolute Gasteiger partial charge is 0.253 e. The zero-order valence-electron chi connectivity index (χ0n) is 17.8. The maximum absolute atomic E-state index is 13.3. The molecular weight excluding hydrogens is 407 g/mol. The molecule has 0 unspecified atom stereocenters. The van der Waals surface area contributed by atoms with Gasteiger partial charge in [-0.2, -0.15) is 0 Å². The van der Waals surface area contributed by atoms with E-state index in [1.165, 1.54) is 12.1 Å². The van der Waals surface area contributed by atoms with E-state index in [0.29, 0.717) is 23.1 Å². The molecule has 0 N–H and O–H groups in total. The molecule has 5 rings (SSSR count). The van der Waals surface area contributed by atoms with Crippen LogP contribution in [0.25, 0.3) is 22.2 Å². The minimum absolute atomic E-state index is 0.0715. The second kappa shape index (κ2) is 8.42. The lowest BCUT2D eigenvalue weighted by atomic mass is 10.0. The normalized spacial score (nSPS) is 13.6. The van der Waals surface area contributed by atoms with Gasteiger partial charge in [0, 0.05) is 32.2 Å². The summed E-state index contributed by atoms with van der Waals surface area (Å²) in [7, 11) is 1.95. The zero-order chi connectivity index (χ0) is 22.1. The van der Waals surface area contributed by atoms with Gasteiger partial charge in [0.1, 0.15) is 11.3 Å². The molecule has 1 aliphatic rings. The van der Waals surface area contributed by atoms with Crippen LogP contribution in [0.2, 0.25) is 0 Å². The maximum atomic E-state index is 13.3. The maximum Gasteiger partial charge on any atom is 0.253 e. The van der Waals surface area contributed by atoms with Gasteiger partial charge in [0.2, 0.25) is 0 Å². The Balaban J connectivity index is 1.49. The topological polar surface area (TPSA) is 62.5 Å². The van der Waals surface area contributed by atoms with Gasteiger partial charge in [0.05, 0.1) is 5.69 Å². The Bertz CT molecular complexity index is 1260. The van der Waals surface area contributed by atoms with Crippen molar-refractivity contribution in [3.05, 3.63) is 77.6 Å². The minimum atomic E-state index is -0.259. The number of hydrogen-bond donors (Lipinski definition) is 0. The van der Waals surface area contributed by atoms with Crippen LogP contribution in [0.5, 0.6) is 0 Å². The van der Waals surface area contributed by atoms with Crippen LogP contribution in [-0.4, -0.2) is 41.3 Å². The van der Waals surface area contributed by atoms with E-state index in [1.54, 1.807) is 12.1 Å². The summed E-state index contributed by atoms with van der Waals surface area (Å²) in [5.74, 6) is -0.188. The second-order valence-electron chi connectivity index (χ2n) is 8.19. The second-order valence-corrected chi connectivity index (χ2v) is 8.19. The van der Waals surface area contributed by atoms with Crippen LogP contribution < -0.4 is 4.90 Å².